The van der Waals surface area contributed by atoms with E-state index in [1.807, 2.05) is 0 Å². The number of hydrogen-bond donors (Lipinski definition) is 3. The Morgan fingerprint density at radius 3 is 2.18 bits per heavy atom. The normalized spacial score (nSPS) is 16.1. The molecule has 3 atom stereocenters. The Balaban J connectivity index is 4.48. The van der Waals surface area contributed by atoms with Gasteiger partial charge in [-0.05, 0) is 32.1 Å². The monoisotopic (exact) mass is 314 g/mol. The summed E-state index contributed by atoms with van der Waals surface area (Å²) in [6, 6.07) is 0. The van der Waals surface area contributed by atoms with Gasteiger partial charge in [0.05, 0.1) is 12.0 Å². The Labute approximate surface area is 133 Å². The first-order valence-electron chi connectivity index (χ1n) is 8.14. The highest BCUT2D eigenvalue weighted by molar-refractivity contribution is 5.86. The molecule has 0 aromatic rings. The van der Waals surface area contributed by atoms with Crippen molar-refractivity contribution < 1.29 is 24.9 Å². The fraction of sp³-hybridized carbons (Fsp3) is 0.765. The molecule has 0 rings (SSSR count). The summed E-state index contributed by atoms with van der Waals surface area (Å²) in [5, 5.41) is 28.5. The number of carboxylic acids is 2. The van der Waals surface area contributed by atoms with Crippen molar-refractivity contribution in [3.05, 3.63) is 11.6 Å². The minimum atomic E-state index is -0.989. The molecule has 0 heterocycles. The predicted octanol–water partition coefficient (Wildman–Crippen LogP) is 3.47. The van der Waals surface area contributed by atoms with E-state index in [1.165, 1.54) is 6.08 Å². The van der Waals surface area contributed by atoms with Crippen molar-refractivity contribution in [1.82, 2.24) is 0 Å². The van der Waals surface area contributed by atoms with Crippen LogP contribution in [0.1, 0.15) is 65.7 Å². The molecule has 5 nitrogen and oxygen atoms in total. The Hall–Kier alpha value is -1.36. The van der Waals surface area contributed by atoms with Gasteiger partial charge in [-0.1, -0.05) is 45.6 Å². The van der Waals surface area contributed by atoms with Crippen LogP contribution < -0.4 is 0 Å². The SMILES string of the molecule is CC=C(CCC(O)C(C)C(CCCCCC)C(=O)O)C(=O)O. The number of carbonyl (C=O) groups is 2. The third kappa shape index (κ3) is 7.59. The van der Waals surface area contributed by atoms with E-state index in [4.69, 9.17) is 5.11 Å². The molecule has 0 aromatic heterocycles. The minimum absolute atomic E-state index is 0.250. The van der Waals surface area contributed by atoms with E-state index in [0.717, 1.165) is 25.7 Å². The van der Waals surface area contributed by atoms with Crippen LogP contribution in [0.2, 0.25) is 0 Å². The second-order valence-electron chi connectivity index (χ2n) is 5.88. The number of unbranched alkanes of at least 4 members (excludes halogenated alkanes) is 3. The van der Waals surface area contributed by atoms with Gasteiger partial charge in [-0.25, -0.2) is 4.79 Å². The van der Waals surface area contributed by atoms with Crippen LogP contribution in [-0.2, 0) is 9.59 Å². The smallest absolute Gasteiger partial charge is 0.331 e. The second kappa shape index (κ2) is 11.2. The molecule has 0 aliphatic rings. The topological polar surface area (TPSA) is 94.8 Å². The minimum Gasteiger partial charge on any atom is -0.481 e. The predicted molar refractivity (Wildman–Crippen MR) is 85.7 cm³/mol. The molecule has 0 amide bonds. The van der Waals surface area contributed by atoms with Crippen LogP contribution in [0.4, 0.5) is 0 Å². The maximum atomic E-state index is 11.4. The summed E-state index contributed by atoms with van der Waals surface area (Å²) in [6.45, 7) is 5.48. The highest BCUT2D eigenvalue weighted by atomic mass is 16.4. The maximum Gasteiger partial charge on any atom is 0.331 e. The summed E-state index contributed by atoms with van der Waals surface area (Å²) in [7, 11) is 0. The third-order valence-corrected chi connectivity index (χ3v) is 4.26. The first-order valence-corrected chi connectivity index (χ1v) is 8.14. The lowest BCUT2D eigenvalue weighted by atomic mass is 9.83. The van der Waals surface area contributed by atoms with Crippen molar-refractivity contribution in [2.24, 2.45) is 11.8 Å². The van der Waals surface area contributed by atoms with Crippen LogP contribution in [-0.4, -0.2) is 33.4 Å². The Morgan fingerprint density at radius 2 is 1.73 bits per heavy atom. The van der Waals surface area contributed by atoms with Crippen molar-refractivity contribution in [3.8, 4) is 0 Å². The van der Waals surface area contributed by atoms with Crippen LogP contribution >= 0.6 is 0 Å². The molecule has 5 heteroatoms. The van der Waals surface area contributed by atoms with Crippen molar-refractivity contribution in [1.29, 1.82) is 0 Å². The van der Waals surface area contributed by atoms with E-state index in [1.54, 1.807) is 13.8 Å². The summed E-state index contributed by atoms with van der Waals surface area (Å²) in [4.78, 5) is 22.3. The fourth-order valence-corrected chi connectivity index (χ4v) is 2.61. The van der Waals surface area contributed by atoms with E-state index in [0.29, 0.717) is 6.42 Å². The zero-order valence-electron chi connectivity index (χ0n) is 13.9. The van der Waals surface area contributed by atoms with Gasteiger partial charge in [0.15, 0.2) is 0 Å². The molecule has 0 aliphatic carbocycles. The zero-order valence-corrected chi connectivity index (χ0v) is 13.9. The molecule has 0 fully saturated rings. The number of hydrogen-bond acceptors (Lipinski definition) is 3. The van der Waals surface area contributed by atoms with Crippen LogP contribution in [0.3, 0.4) is 0 Å². The summed E-state index contributed by atoms with van der Waals surface area (Å²) >= 11 is 0. The van der Waals surface area contributed by atoms with Crippen LogP contribution in [0.5, 0.6) is 0 Å². The fourth-order valence-electron chi connectivity index (χ4n) is 2.61. The Kier molecular flexibility index (Phi) is 10.5. The van der Waals surface area contributed by atoms with Gasteiger partial charge in [0.25, 0.3) is 0 Å². The summed E-state index contributed by atoms with van der Waals surface area (Å²) < 4.78 is 0. The molecule has 0 spiro atoms. The molecule has 0 saturated carbocycles. The van der Waals surface area contributed by atoms with Gasteiger partial charge in [0.2, 0.25) is 0 Å². The van der Waals surface area contributed by atoms with Crippen LogP contribution in [0.15, 0.2) is 11.6 Å². The largest absolute Gasteiger partial charge is 0.481 e. The van der Waals surface area contributed by atoms with Crippen molar-refractivity contribution in [2.45, 2.75) is 71.8 Å². The molecule has 22 heavy (non-hydrogen) atoms. The van der Waals surface area contributed by atoms with Gasteiger partial charge in [-0.3, -0.25) is 4.79 Å². The molecule has 3 N–H and O–H groups in total. The average Bonchev–Trinajstić information content (AvgIpc) is 2.46. The van der Waals surface area contributed by atoms with Gasteiger partial charge < -0.3 is 15.3 Å². The number of aliphatic hydroxyl groups excluding tert-OH is 1. The molecular weight excluding hydrogens is 284 g/mol. The van der Waals surface area contributed by atoms with Crippen molar-refractivity contribution >= 4 is 11.9 Å². The van der Waals surface area contributed by atoms with Gasteiger partial charge in [-0.15, -0.1) is 0 Å². The Bertz CT molecular complexity index is 375. The molecule has 0 aliphatic heterocycles. The highest BCUT2D eigenvalue weighted by Gasteiger charge is 2.29. The first-order chi connectivity index (χ1) is 10.3. The van der Waals surface area contributed by atoms with Crippen LogP contribution in [0.25, 0.3) is 0 Å². The number of carboxylic acid groups (broad SMARTS) is 2. The Morgan fingerprint density at radius 1 is 1.09 bits per heavy atom. The molecule has 0 aromatic carbocycles. The molecule has 0 radical (unpaired) electrons. The number of aliphatic hydroxyl groups is 1. The van der Waals surface area contributed by atoms with Gasteiger partial charge in [0, 0.05) is 5.57 Å². The second-order valence-corrected chi connectivity index (χ2v) is 5.88. The quantitative estimate of drug-likeness (QED) is 0.379. The van der Waals surface area contributed by atoms with Gasteiger partial charge in [-0.2, -0.15) is 0 Å². The molecule has 128 valence electrons. The first kappa shape index (κ1) is 20.6. The summed E-state index contributed by atoms with van der Waals surface area (Å²) in [5.74, 6) is -2.83. The molecule has 0 bridgehead atoms. The molecular formula is C17H30O5. The van der Waals surface area contributed by atoms with E-state index < -0.39 is 24.0 Å². The standard InChI is InChI=1S/C17H30O5/c1-4-6-7-8-9-14(17(21)22)12(3)15(18)11-10-13(5-2)16(19)20/h5,12,14-15,18H,4,6-11H2,1-3H3,(H,19,20)(H,21,22). The number of aliphatic carboxylic acids is 2. The lowest BCUT2D eigenvalue weighted by Gasteiger charge is -2.25. The maximum absolute atomic E-state index is 11.4. The van der Waals surface area contributed by atoms with E-state index in [9.17, 15) is 19.8 Å². The highest BCUT2D eigenvalue weighted by Crippen LogP contribution is 2.25. The van der Waals surface area contributed by atoms with Gasteiger partial charge in [0.1, 0.15) is 0 Å². The summed E-state index contributed by atoms with van der Waals surface area (Å²) in [5.41, 5.74) is 0.251. The number of rotatable bonds is 12. The third-order valence-electron chi connectivity index (χ3n) is 4.26. The lowest BCUT2D eigenvalue weighted by molar-refractivity contribution is -0.145. The van der Waals surface area contributed by atoms with Crippen molar-refractivity contribution in [2.75, 3.05) is 0 Å². The molecule has 3 unspecified atom stereocenters. The summed E-state index contributed by atoms with van der Waals surface area (Å²) in [6.07, 6.45) is 5.82. The van der Waals surface area contributed by atoms with E-state index in [-0.39, 0.29) is 24.3 Å². The van der Waals surface area contributed by atoms with Crippen molar-refractivity contribution in [3.63, 3.8) is 0 Å². The zero-order chi connectivity index (χ0) is 17.1. The lowest BCUT2D eigenvalue weighted by Crippen LogP contribution is -2.31. The average molecular weight is 314 g/mol. The van der Waals surface area contributed by atoms with E-state index >= 15 is 0 Å². The molecule has 0 saturated heterocycles. The van der Waals surface area contributed by atoms with Crippen LogP contribution in [0, 0.1) is 11.8 Å². The van der Waals surface area contributed by atoms with E-state index in [2.05, 4.69) is 6.92 Å². The number of allylic oxidation sites excluding steroid dienone is 1. The van der Waals surface area contributed by atoms with Gasteiger partial charge >= 0.3 is 11.9 Å².